The van der Waals surface area contributed by atoms with Crippen LogP contribution in [0.25, 0.3) is 0 Å². The van der Waals surface area contributed by atoms with Crippen molar-refractivity contribution in [2.24, 2.45) is 5.41 Å². The Morgan fingerprint density at radius 1 is 1.12 bits per heavy atom. The summed E-state index contributed by atoms with van der Waals surface area (Å²) in [6, 6.07) is 0. The van der Waals surface area contributed by atoms with Crippen LogP contribution in [0.1, 0.15) is 58.3 Å². The van der Waals surface area contributed by atoms with E-state index in [0.29, 0.717) is 0 Å². The van der Waals surface area contributed by atoms with Crippen molar-refractivity contribution in [1.82, 2.24) is 15.5 Å². The second kappa shape index (κ2) is 8.15. The highest BCUT2D eigenvalue weighted by Gasteiger charge is 2.41. The van der Waals surface area contributed by atoms with Crippen LogP contribution < -0.4 is 10.6 Å². The zero-order valence-electron chi connectivity index (χ0n) is 15.4. The number of nitrogens with zero attached hydrogens (tertiary/aromatic N) is 1. The van der Waals surface area contributed by atoms with Crippen LogP contribution in [0.2, 0.25) is 0 Å². The van der Waals surface area contributed by atoms with E-state index in [1.165, 1.54) is 32.1 Å². The molecule has 138 valence electrons. The van der Waals surface area contributed by atoms with Gasteiger partial charge in [0.05, 0.1) is 18.8 Å². The molecule has 2 N–H and O–H groups in total. The Hall–Kier alpha value is -0.650. The highest BCUT2D eigenvalue weighted by molar-refractivity contribution is 5.86. The first kappa shape index (κ1) is 18.2. The van der Waals surface area contributed by atoms with E-state index in [1.54, 1.807) is 0 Å². The molecular weight excluding hydrogens is 302 g/mol. The number of hydrogen-bond acceptors (Lipinski definition) is 4. The molecule has 5 heteroatoms. The fraction of sp³-hybridized carbons (Fsp3) is 0.947. The Morgan fingerprint density at radius 3 is 2.50 bits per heavy atom. The number of rotatable bonds is 6. The second-order valence-corrected chi connectivity index (χ2v) is 8.10. The number of hydrogen-bond donors (Lipinski definition) is 2. The summed E-state index contributed by atoms with van der Waals surface area (Å²) >= 11 is 0. The monoisotopic (exact) mass is 337 g/mol. The summed E-state index contributed by atoms with van der Waals surface area (Å²) < 4.78 is 5.50. The van der Waals surface area contributed by atoms with E-state index >= 15 is 0 Å². The van der Waals surface area contributed by atoms with Crippen LogP contribution in [0.4, 0.5) is 0 Å². The average Bonchev–Trinajstić information content (AvgIpc) is 3.12. The Kier molecular flexibility index (Phi) is 6.17. The molecule has 24 heavy (non-hydrogen) atoms. The van der Waals surface area contributed by atoms with Gasteiger partial charge in [-0.3, -0.25) is 9.69 Å². The molecule has 1 unspecified atom stereocenters. The third kappa shape index (κ3) is 4.12. The van der Waals surface area contributed by atoms with Crippen molar-refractivity contribution < 1.29 is 9.53 Å². The molecule has 2 aliphatic heterocycles. The third-order valence-corrected chi connectivity index (χ3v) is 6.48. The lowest BCUT2D eigenvalue weighted by Crippen LogP contribution is -2.56. The molecule has 1 saturated carbocycles. The normalized spacial score (nSPS) is 31.0. The molecule has 2 heterocycles. The number of amides is 1. The van der Waals surface area contributed by atoms with Gasteiger partial charge in [0.15, 0.2) is 0 Å². The smallest absolute Gasteiger partial charge is 0.240 e. The van der Waals surface area contributed by atoms with Gasteiger partial charge in [-0.1, -0.05) is 26.2 Å². The van der Waals surface area contributed by atoms with E-state index < -0.39 is 0 Å². The lowest BCUT2D eigenvalue weighted by Gasteiger charge is -2.43. The minimum Gasteiger partial charge on any atom is -0.379 e. The van der Waals surface area contributed by atoms with E-state index in [-0.39, 0.29) is 16.9 Å². The molecule has 2 saturated heterocycles. The van der Waals surface area contributed by atoms with Crippen molar-refractivity contribution in [2.75, 3.05) is 45.9 Å². The highest BCUT2D eigenvalue weighted by atomic mass is 16.5. The van der Waals surface area contributed by atoms with Crippen molar-refractivity contribution >= 4 is 5.91 Å². The van der Waals surface area contributed by atoms with E-state index in [2.05, 4.69) is 22.5 Å². The summed E-state index contributed by atoms with van der Waals surface area (Å²) in [5.74, 6) is 0.231. The van der Waals surface area contributed by atoms with E-state index in [1.807, 2.05) is 0 Å². The van der Waals surface area contributed by atoms with Gasteiger partial charge in [0.2, 0.25) is 5.91 Å². The SMILES string of the molecule is CCC1(C(=O)NCC2(CN3CCOCC3)CCCCC2)CCCN1. The number of nitrogens with one attached hydrogen (secondary N) is 2. The molecule has 0 radical (unpaired) electrons. The zero-order chi connectivity index (χ0) is 16.9. The minimum atomic E-state index is -0.311. The maximum atomic E-state index is 12.9. The number of morpholine rings is 1. The van der Waals surface area contributed by atoms with Gasteiger partial charge in [-0.25, -0.2) is 0 Å². The lowest BCUT2D eigenvalue weighted by molar-refractivity contribution is -0.128. The first-order valence-electron chi connectivity index (χ1n) is 10.0. The van der Waals surface area contributed by atoms with Crippen LogP contribution in [0.15, 0.2) is 0 Å². The quantitative estimate of drug-likeness (QED) is 0.777. The van der Waals surface area contributed by atoms with Crippen LogP contribution in [0.3, 0.4) is 0 Å². The van der Waals surface area contributed by atoms with Gasteiger partial charge in [-0.05, 0) is 38.6 Å². The zero-order valence-corrected chi connectivity index (χ0v) is 15.4. The molecular formula is C19H35N3O2. The Balaban J connectivity index is 1.60. The predicted octanol–water partition coefficient (Wildman–Crippen LogP) is 1.92. The Bertz CT molecular complexity index is 409. The van der Waals surface area contributed by atoms with Crippen LogP contribution in [0.5, 0.6) is 0 Å². The fourth-order valence-corrected chi connectivity index (χ4v) is 4.83. The van der Waals surface area contributed by atoms with E-state index in [4.69, 9.17) is 4.74 Å². The number of ether oxygens (including phenoxy) is 1. The highest BCUT2D eigenvalue weighted by Crippen LogP contribution is 2.37. The summed E-state index contributed by atoms with van der Waals surface area (Å²) in [6.07, 6.45) is 9.42. The van der Waals surface area contributed by atoms with E-state index in [9.17, 15) is 4.79 Å². The maximum absolute atomic E-state index is 12.9. The third-order valence-electron chi connectivity index (χ3n) is 6.48. The molecule has 3 fully saturated rings. The molecule has 0 aromatic carbocycles. The topological polar surface area (TPSA) is 53.6 Å². The standard InChI is InChI=1S/C19H35N3O2/c1-2-19(9-6-10-21-19)17(23)20-15-18(7-4-3-5-8-18)16-22-11-13-24-14-12-22/h21H,2-16H2,1H3,(H,20,23). The number of carbonyl (C=O) groups is 1. The molecule has 1 atom stereocenters. The van der Waals surface area contributed by atoms with Crippen LogP contribution in [0, 0.1) is 5.41 Å². The van der Waals surface area contributed by atoms with Gasteiger partial charge >= 0.3 is 0 Å². The summed E-state index contributed by atoms with van der Waals surface area (Å²) in [7, 11) is 0. The maximum Gasteiger partial charge on any atom is 0.240 e. The minimum absolute atomic E-state index is 0.231. The summed E-state index contributed by atoms with van der Waals surface area (Å²) in [5.41, 5.74) is -0.0480. The van der Waals surface area contributed by atoms with E-state index in [0.717, 1.165) is 65.2 Å². The lowest BCUT2D eigenvalue weighted by atomic mass is 9.73. The van der Waals surface area contributed by atoms with Crippen LogP contribution >= 0.6 is 0 Å². The van der Waals surface area contributed by atoms with Crippen molar-refractivity contribution in [2.45, 2.75) is 63.8 Å². The molecule has 5 nitrogen and oxygen atoms in total. The van der Waals surface area contributed by atoms with Gasteiger partial charge < -0.3 is 15.4 Å². The van der Waals surface area contributed by atoms with Crippen molar-refractivity contribution in [1.29, 1.82) is 0 Å². The fourth-order valence-electron chi connectivity index (χ4n) is 4.83. The van der Waals surface area contributed by atoms with Crippen LogP contribution in [-0.2, 0) is 9.53 Å². The Morgan fingerprint density at radius 2 is 1.88 bits per heavy atom. The average molecular weight is 338 g/mol. The second-order valence-electron chi connectivity index (χ2n) is 8.10. The van der Waals surface area contributed by atoms with Crippen molar-refractivity contribution in [3.05, 3.63) is 0 Å². The molecule has 0 aromatic heterocycles. The molecule has 3 aliphatic rings. The van der Waals surface area contributed by atoms with Crippen molar-refractivity contribution in [3.8, 4) is 0 Å². The molecule has 1 amide bonds. The first-order valence-corrected chi connectivity index (χ1v) is 10.0. The predicted molar refractivity (Wildman–Crippen MR) is 96.0 cm³/mol. The summed E-state index contributed by atoms with van der Waals surface area (Å²) in [4.78, 5) is 15.4. The molecule has 0 spiro atoms. The Labute approximate surface area is 146 Å². The molecule has 0 bridgehead atoms. The molecule has 1 aliphatic carbocycles. The first-order chi connectivity index (χ1) is 11.7. The van der Waals surface area contributed by atoms with Crippen LogP contribution in [-0.4, -0.2) is 62.3 Å². The van der Waals surface area contributed by atoms with Crippen molar-refractivity contribution in [3.63, 3.8) is 0 Å². The molecule has 3 rings (SSSR count). The summed E-state index contributed by atoms with van der Waals surface area (Å²) in [5, 5.41) is 6.82. The number of carbonyl (C=O) groups excluding carboxylic acids is 1. The molecule has 0 aromatic rings. The van der Waals surface area contributed by atoms with Gasteiger partial charge in [0.25, 0.3) is 0 Å². The van der Waals surface area contributed by atoms with Gasteiger partial charge in [-0.2, -0.15) is 0 Å². The summed E-state index contributed by atoms with van der Waals surface area (Å²) in [6.45, 7) is 8.83. The van der Waals surface area contributed by atoms with Gasteiger partial charge in [0, 0.05) is 31.6 Å². The van der Waals surface area contributed by atoms with Gasteiger partial charge in [0.1, 0.15) is 0 Å². The van der Waals surface area contributed by atoms with Gasteiger partial charge in [-0.15, -0.1) is 0 Å². The largest absolute Gasteiger partial charge is 0.379 e.